The lowest BCUT2D eigenvalue weighted by Crippen LogP contribution is -2.55. The van der Waals surface area contributed by atoms with E-state index in [4.69, 9.17) is 4.74 Å². The number of hydrogen-bond donors (Lipinski definition) is 1. The maximum atomic E-state index is 13.0. The molecule has 0 spiro atoms. The second-order valence-electron chi connectivity index (χ2n) is 8.48. The third kappa shape index (κ3) is 3.37. The van der Waals surface area contributed by atoms with Crippen LogP contribution in [0, 0.1) is 12.8 Å². The number of carbonyl (C=O) groups excluding carboxylic acids is 2. The molecule has 1 aromatic heterocycles. The Morgan fingerprint density at radius 3 is 2.78 bits per heavy atom. The summed E-state index contributed by atoms with van der Waals surface area (Å²) in [6, 6.07) is 0.0975. The molecule has 4 rings (SSSR count). The zero-order valence-corrected chi connectivity index (χ0v) is 16.5. The van der Waals surface area contributed by atoms with Crippen LogP contribution in [0.25, 0.3) is 0 Å². The van der Waals surface area contributed by atoms with Gasteiger partial charge in [-0.3, -0.25) is 14.3 Å². The zero-order valence-electron chi connectivity index (χ0n) is 16.5. The van der Waals surface area contributed by atoms with Gasteiger partial charge in [-0.25, -0.2) is 0 Å². The number of fused-ring (bicyclic) bond motifs is 1. The van der Waals surface area contributed by atoms with Crippen LogP contribution in [0.2, 0.25) is 0 Å². The van der Waals surface area contributed by atoms with E-state index in [-0.39, 0.29) is 29.5 Å². The molecule has 3 atom stereocenters. The normalized spacial score (nSPS) is 28.3. The van der Waals surface area contributed by atoms with Gasteiger partial charge in [-0.05, 0) is 51.4 Å². The maximum absolute atomic E-state index is 13.0. The largest absolute Gasteiger partial charge is 0.371 e. The van der Waals surface area contributed by atoms with Gasteiger partial charge in [0.05, 0.1) is 23.7 Å². The van der Waals surface area contributed by atoms with Crippen LogP contribution in [0.1, 0.15) is 49.8 Å². The van der Waals surface area contributed by atoms with E-state index in [1.54, 1.807) is 11.8 Å². The molecule has 7 heteroatoms. The summed E-state index contributed by atoms with van der Waals surface area (Å²) in [7, 11) is 3.50. The molecule has 3 fully saturated rings. The number of nitrogens with zero attached hydrogens (tertiary/aromatic N) is 3. The molecule has 27 heavy (non-hydrogen) atoms. The van der Waals surface area contributed by atoms with Gasteiger partial charge in [-0.15, -0.1) is 0 Å². The maximum Gasteiger partial charge on any atom is 0.252 e. The number of nitrogens with one attached hydrogen (secondary N) is 1. The fraction of sp³-hybridized carbons (Fsp3) is 0.750. The van der Waals surface area contributed by atoms with Gasteiger partial charge in [-0.1, -0.05) is 0 Å². The van der Waals surface area contributed by atoms with Crippen molar-refractivity contribution >= 4 is 11.8 Å². The average Bonchev–Trinajstić information content (AvgIpc) is 3.15. The van der Waals surface area contributed by atoms with Gasteiger partial charge in [0.2, 0.25) is 5.91 Å². The van der Waals surface area contributed by atoms with Crippen LogP contribution in [0.4, 0.5) is 0 Å². The average molecular weight is 374 g/mol. The fourth-order valence-electron chi connectivity index (χ4n) is 5.12. The number of carbonyl (C=O) groups is 2. The quantitative estimate of drug-likeness (QED) is 0.815. The Balaban J connectivity index is 1.45. The van der Waals surface area contributed by atoms with Crippen molar-refractivity contribution in [3.8, 4) is 0 Å². The second-order valence-corrected chi connectivity index (χ2v) is 8.48. The minimum atomic E-state index is -0.310. The Hall–Kier alpha value is -1.89. The molecule has 2 heterocycles. The molecule has 3 aliphatic rings. The van der Waals surface area contributed by atoms with E-state index in [0.29, 0.717) is 18.9 Å². The summed E-state index contributed by atoms with van der Waals surface area (Å²) in [6.07, 6.45) is 7.87. The third-order valence-electron chi connectivity index (χ3n) is 6.60. The molecule has 1 saturated heterocycles. The molecule has 148 valence electrons. The third-order valence-corrected chi connectivity index (χ3v) is 6.60. The van der Waals surface area contributed by atoms with E-state index in [1.807, 2.05) is 25.1 Å². The van der Waals surface area contributed by atoms with Crippen LogP contribution < -0.4 is 5.32 Å². The summed E-state index contributed by atoms with van der Waals surface area (Å²) in [5.41, 5.74) is 1.58. The van der Waals surface area contributed by atoms with E-state index in [0.717, 1.165) is 49.8 Å². The topological polar surface area (TPSA) is 76.5 Å². The monoisotopic (exact) mass is 374 g/mol. The number of likely N-dealkylation sites (tertiary alicyclic amines) is 1. The summed E-state index contributed by atoms with van der Waals surface area (Å²) in [4.78, 5) is 27.8. The molecule has 1 aliphatic heterocycles. The number of methoxy groups -OCH3 is 1. The highest BCUT2D eigenvalue weighted by Crippen LogP contribution is 2.43. The SMILES string of the molecule is COC(C(=O)N1CCC2(NC(=O)Cc3cn(C)nc3C)CCCC12)C1CC1. The highest BCUT2D eigenvalue weighted by atomic mass is 16.5. The van der Waals surface area contributed by atoms with Crippen molar-refractivity contribution in [1.29, 1.82) is 0 Å². The minimum absolute atomic E-state index is 0.0257. The van der Waals surface area contributed by atoms with E-state index >= 15 is 0 Å². The van der Waals surface area contributed by atoms with Gasteiger partial charge in [0.15, 0.2) is 0 Å². The first-order valence-corrected chi connectivity index (χ1v) is 10.1. The van der Waals surface area contributed by atoms with E-state index < -0.39 is 0 Å². The molecule has 0 radical (unpaired) electrons. The van der Waals surface area contributed by atoms with Crippen molar-refractivity contribution in [3.05, 3.63) is 17.5 Å². The zero-order chi connectivity index (χ0) is 19.2. The number of aromatic nitrogens is 2. The lowest BCUT2D eigenvalue weighted by Gasteiger charge is -2.34. The van der Waals surface area contributed by atoms with E-state index in [1.165, 1.54) is 0 Å². The standard InChI is InChI=1S/C20H30N4O3/c1-13-15(12-23(2)22-13)11-17(25)21-20-8-4-5-16(20)24(10-9-20)19(26)18(27-3)14-6-7-14/h12,14,16,18H,4-11H2,1-3H3,(H,21,25). The number of rotatable bonds is 6. The molecule has 1 aromatic rings. The number of hydrogen-bond acceptors (Lipinski definition) is 4. The Bertz CT molecular complexity index is 742. The Kier molecular flexibility index (Phi) is 4.74. The molecule has 2 saturated carbocycles. The molecule has 2 aliphatic carbocycles. The van der Waals surface area contributed by atoms with Crippen molar-refractivity contribution in [2.45, 2.75) is 69.6 Å². The summed E-state index contributed by atoms with van der Waals surface area (Å²) < 4.78 is 7.26. The van der Waals surface area contributed by atoms with Crippen molar-refractivity contribution < 1.29 is 14.3 Å². The first kappa shape index (κ1) is 18.5. The van der Waals surface area contributed by atoms with Crippen LogP contribution in [-0.2, 0) is 27.8 Å². The summed E-state index contributed by atoms with van der Waals surface area (Å²) >= 11 is 0. The fourth-order valence-corrected chi connectivity index (χ4v) is 5.12. The summed E-state index contributed by atoms with van der Waals surface area (Å²) in [5, 5.41) is 7.63. The van der Waals surface area contributed by atoms with Gasteiger partial charge >= 0.3 is 0 Å². The molecule has 0 bridgehead atoms. The Labute approximate surface area is 160 Å². The van der Waals surface area contributed by atoms with Crippen LogP contribution >= 0.6 is 0 Å². The highest BCUT2D eigenvalue weighted by molar-refractivity contribution is 5.83. The number of amides is 2. The predicted octanol–water partition coefficient (Wildman–Crippen LogP) is 1.34. The van der Waals surface area contributed by atoms with Gasteiger partial charge in [0, 0.05) is 32.5 Å². The Morgan fingerprint density at radius 1 is 1.37 bits per heavy atom. The number of ether oxygens (including phenoxy) is 1. The molecule has 0 aromatic carbocycles. The molecule has 7 nitrogen and oxygen atoms in total. The molecule has 1 N–H and O–H groups in total. The second kappa shape index (κ2) is 6.93. The summed E-state index contributed by atoms with van der Waals surface area (Å²) in [5.74, 6) is 0.519. The molecular formula is C20H30N4O3. The van der Waals surface area contributed by atoms with Gasteiger partial charge < -0.3 is 15.0 Å². The van der Waals surface area contributed by atoms with Crippen LogP contribution in [0.3, 0.4) is 0 Å². The van der Waals surface area contributed by atoms with Gasteiger partial charge in [-0.2, -0.15) is 5.10 Å². The van der Waals surface area contributed by atoms with Gasteiger partial charge in [0.25, 0.3) is 5.91 Å². The van der Waals surface area contributed by atoms with Crippen LogP contribution in [0.5, 0.6) is 0 Å². The highest BCUT2D eigenvalue weighted by Gasteiger charge is 2.54. The predicted molar refractivity (Wildman–Crippen MR) is 100 cm³/mol. The van der Waals surface area contributed by atoms with Crippen molar-refractivity contribution in [1.82, 2.24) is 20.0 Å². The van der Waals surface area contributed by atoms with Crippen molar-refractivity contribution in [3.63, 3.8) is 0 Å². The molecule has 2 amide bonds. The van der Waals surface area contributed by atoms with Crippen molar-refractivity contribution in [2.24, 2.45) is 13.0 Å². The first-order valence-electron chi connectivity index (χ1n) is 10.1. The number of aryl methyl sites for hydroxylation is 2. The van der Waals surface area contributed by atoms with E-state index in [2.05, 4.69) is 10.4 Å². The lowest BCUT2D eigenvalue weighted by molar-refractivity contribution is -0.144. The molecular weight excluding hydrogens is 344 g/mol. The minimum Gasteiger partial charge on any atom is -0.371 e. The first-order chi connectivity index (χ1) is 12.9. The smallest absolute Gasteiger partial charge is 0.252 e. The lowest BCUT2D eigenvalue weighted by atomic mass is 9.92. The van der Waals surface area contributed by atoms with Crippen LogP contribution in [0.15, 0.2) is 6.20 Å². The van der Waals surface area contributed by atoms with E-state index in [9.17, 15) is 9.59 Å². The van der Waals surface area contributed by atoms with Gasteiger partial charge in [0.1, 0.15) is 6.10 Å². The van der Waals surface area contributed by atoms with Crippen LogP contribution in [-0.4, -0.2) is 57.8 Å². The van der Waals surface area contributed by atoms with Crippen molar-refractivity contribution in [2.75, 3.05) is 13.7 Å². The molecule has 3 unspecified atom stereocenters. The Morgan fingerprint density at radius 2 is 2.15 bits per heavy atom. The summed E-state index contributed by atoms with van der Waals surface area (Å²) in [6.45, 7) is 2.64.